The molecule has 0 aliphatic carbocycles. The fourth-order valence-electron chi connectivity index (χ4n) is 1.52. The van der Waals surface area contributed by atoms with Gasteiger partial charge in [-0.15, -0.1) is 0 Å². The summed E-state index contributed by atoms with van der Waals surface area (Å²) in [6, 6.07) is 7.98. The van der Waals surface area contributed by atoms with Crippen LogP contribution in [0.15, 0.2) is 22.6 Å². The van der Waals surface area contributed by atoms with Crippen molar-refractivity contribution >= 4 is 11.0 Å². The first-order chi connectivity index (χ1) is 6.24. The quantitative estimate of drug-likeness (QED) is 0.611. The lowest BCUT2D eigenvalue weighted by Gasteiger charge is -1.91. The number of hydrogen-bond acceptors (Lipinski definition) is 2. The molecule has 0 aliphatic rings. The minimum Gasteiger partial charge on any atom is -0.460 e. The summed E-state index contributed by atoms with van der Waals surface area (Å²) in [5.74, 6) is 0.701. The van der Waals surface area contributed by atoms with Gasteiger partial charge in [-0.05, 0) is 25.5 Å². The van der Waals surface area contributed by atoms with Gasteiger partial charge in [0, 0.05) is 5.39 Å². The van der Waals surface area contributed by atoms with Gasteiger partial charge in [-0.1, -0.05) is 12.1 Å². The average molecular weight is 171 g/mol. The van der Waals surface area contributed by atoms with Crippen LogP contribution >= 0.6 is 0 Å². The third-order valence-electron chi connectivity index (χ3n) is 2.20. The minimum atomic E-state index is 0.652. The minimum absolute atomic E-state index is 0.652. The topological polar surface area (TPSA) is 36.9 Å². The molecule has 0 bridgehead atoms. The molecule has 0 atom stereocenters. The van der Waals surface area contributed by atoms with Gasteiger partial charge in [0.2, 0.25) is 0 Å². The largest absolute Gasteiger partial charge is 0.460 e. The molecule has 2 heteroatoms. The summed E-state index contributed by atoms with van der Waals surface area (Å²) in [4.78, 5) is 0. The van der Waals surface area contributed by atoms with E-state index in [1.54, 1.807) is 0 Å². The Morgan fingerprint density at radius 3 is 2.77 bits per heavy atom. The Kier molecular flexibility index (Phi) is 1.60. The number of para-hydroxylation sites is 1. The second kappa shape index (κ2) is 2.63. The lowest BCUT2D eigenvalue weighted by Crippen LogP contribution is -1.74. The highest BCUT2D eigenvalue weighted by Crippen LogP contribution is 2.26. The van der Waals surface area contributed by atoms with Crippen LogP contribution in [0.4, 0.5) is 0 Å². The average Bonchev–Trinajstić information content (AvgIpc) is 2.43. The van der Waals surface area contributed by atoms with Crippen LogP contribution in [-0.2, 0) is 0 Å². The summed E-state index contributed by atoms with van der Waals surface area (Å²) < 4.78 is 5.50. The Balaban J connectivity index is 2.96. The predicted octanol–water partition coefficient (Wildman–Crippen LogP) is 2.92. The van der Waals surface area contributed by atoms with E-state index < -0.39 is 0 Å². The Hall–Kier alpha value is -1.75. The van der Waals surface area contributed by atoms with Gasteiger partial charge < -0.3 is 4.42 Å². The molecule has 13 heavy (non-hydrogen) atoms. The third-order valence-corrected chi connectivity index (χ3v) is 2.20. The maximum Gasteiger partial charge on any atom is 0.138 e. The fraction of sp³-hybridized carbons (Fsp3) is 0.182. The molecule has 2 nitrogen and oxygen atoms in total. The van der Waals surface area contributed by atoms with Crippen LogP contribution in [0.5, 0.6) is 0 Å². The van der Waals surface area contributed by atoms with Gasteiger partial charge in [0.05, 0.1) is 0 Å². The number of aryl methyl sites for hydroxylation is 2. The summed E-state index contributed by atoms with van der Waals surface area (Å²) in [5.41, 5.74) is 2.55. The van der Waals surface area contributed by atoms with E-state index in [4.69, 9.17) is 9.68 Å². The van der Waals surface area contributed by atoms with Crippen molar-refractivity contribution in [2.75, 3.05) is 0 Å². The SMILES string of the molecule is Cc1oc2c(C)cccc2c1C#N. The first-order valence-corrected chi connectivity index (χ1v) is 4.13. The molecule has 0 radical (unpaired) electrons. The third kappa shape index (κ3) is 1.01. The Morgan fingerprint density at radius 2 is 2.08 bits per heavy atom. The van der Waals surface area contributed by atoms with Crippen molar-refractivity contribution in [1.82, 2.24) is 0 Å². The van der Waals surface area contributed by atoms with Gasteiger partial charge in [-0.2, -0.15) is 5.26 Å². The highest BCUT2D eigenvalue weighted by Gasteiger charge is 2.10. The van der Waals surface area contributed by atoms with E-state index >= 15 is 0 Å². The molecule has 0 aliphatic heterocycles. The Labute approximate surface area is 76.4 Å². The van der Waals surface area contributed by atoms with Crippen molar-refractivity contribution < 1.29 is 4.42 Å². The zero-order valence-electron chi connectivity index (χ0n) is 7.59. The fourth-order valence-corrected chi connectivity index (χ4v) is 1.52. The van der Waals surface area contributed by atoms with Crippen molar-refractivity contribution in [3.8, 4) is 6.07 Å². The van der Waals surface area contributed by atoms with Gasteiger partial charge in [0.25, 0.3) is 0 Å². The van der Waals surface area contributed by atoms with Gasteiger partial charge in [0.1, 0.15) is 23.0 Å². The molecule has 0 N–H and O–H groups in total. The monoisotopic (exact) mass is 171 g/mol. The van der Waals surface area contributed by atoms with Crippen molar-refractivity contribution in [2.45, 2.75) is 13.8 Å². The van der Waals surface area contributed by atoms with Gasteiger partial charge >= 0.3 is 0 Å². The number of hydrogen-bond donors (Lipinski definition) is 0. The first-order valence-electron chi connectivity index (χ1n) is 4.13. The molecule has 2 rings (SSSR count). The molecule has 0 amide bonds. The second-order valence-corrected chi connectivity index (χ2v) is 3.10. The predicted molar refractivity (Wildman–Crippen MR) is 50.4 cm³/mol. The summed E-state index contributed by atoms with van der Waals surface area (Å²) in [6.45, 7) is 3.80. The van der Waals surface area contributed by atoms with Gasteiger partial charge in [0.15, 0.2) is 0 Å². The first kappa shape index (κ1) is 7.88. The molecule has 0 saturated carbocycles. The Morgan fingerprint density at radius 1 is 1.31 bits per heavy atom. The van der Waals surface area contributed by atoms with Gasteiger partial charge in [-0.3, -0.25) is 0 Å². The normalized spacial score (nSPS) is 10.2. The smallest absolute Gasteiger partial charge is 0.138 e. The van der Waals surface area contributed by atoms with Crippen LogP contribution in [0.1, 0.15) is 16.9 Å². The van der Waals surface area contributed by atoms with Crippen LogP contribution < -0.4 is 0 Å². The van der Waals surface area contributed by atoms with Crippen LogP contribution in [0.2, 0.25) is 0 Å². The standard InChI is InChI=1S/C11H9NO/c1-7-4-3-5-9-10(6-12)8(2)13-11(7)9/h3-5H,1-2H3. The van der Waals surface area contributed by atoms with E-state index in [1.165, 1.54) is 0 Å². The summed E-state index contributed by atoms with van der Waals surface area (Å²) in [6.07, 6.45) is 0. The zero-order valence-corrected chi connectivity index (χ0v) is 7.59. The van der Waals surface area contributed by atoms with E-state index in [-0.39, 0.29) is 0 Å². The lowest BCUT2D eigenvalue weighted by molar-refractivity contribution is 0.575. The van der Waals surface area contributed by atoms with E-state index in [0.29, 0.717) is 11.3 Å². The summed E-state index contributed by atoms with van der Waals surface area (Å²) in [5, 5.41) is 9.80. The molecule has 0 fully saturated rings. The maximum atomic E-state index is 8.89. The van der Waals surface area contributed by atoms with E-state index in [9.17, 15) is 0 Å². The van der Waals surface area contributed by atoms with Gasteiger partial charge in [-0.25, -0.2) is 0 Å². The van der Waals surface area contributed by atoms with Crippen molar-refractivity contribution in [3.63, 3.8) is 0 Å². The molecule has 64 valence electrons. The van der Waals surface area contributed by atoms with E-state index in [1.807, 2.05) is 32.0 Å². The van der Waals surface area contributed by atoms with Crippen LogP contribution in [-0.4, -0.2) is 0 Å². The Bertz CT molecular complexity index is 503. The molecular weight excluding hydrogens is 162 g/mol. The van der Waals surface area contributed by atoms with Crippen LogP contribution in [0.25, 0.3) is 11.0 Å². The molecule has 0 saturated heterocycles. The molecule has 0 unspecified atom stereocenters. The lowest BCUT2D eigenvalue weighted by atomic mass is 10.1. The molecule has 2 aromatic rings. The molecular formula is C11H9NO. The number of furan rings is 1. The van der Waals surface area contributed by atoms with Crippen molar-refractivity contribution in [2.24, 2.45) is 0 Å². The highest BCUT2D eigenvalue weighted by molar-refractivity contribution is 5.87. The summed E-state index contributed by atoms with van der Waals surface area (Å²) >= 11 is 0. The number of fused-ring (bicyclic) bond motifs is 1. The molecule has 1 aromatic heterocycles. The number of benzene rings is 1. The van der Waals surface area contributed by atoms with Crippen LogP contribution in [0.3, 0.4) is 0 Å². The second-order valence-electron chi connectivity index (χ2n) is 3.10. The van der Waals surface area contributed by atoms with Crippen LogP contribution in [0, 0.1) is 25.2 Å². The molecule has 1 aromatic carbocycles. The number of rotatable bonds is 0. The number of nitrogens with zero attached hydrogens (tertiary/aromatic N) is 1. The zero-order chi connectivity index (χ0) is 9.42. The highest BCUT2D eigenvalue weighted by atomic mass is 16.3. The maximum absolute atomic E-state index is 8.89. The number of nitriles is 1. The molecule has 1 heterocycles. The van der Waals surface area contributed by atoms with E-state index in [0.717, 1.165) is 16.5 Å². The van der Waals surface area contributed by atoms with E-state index in [2.05, 4.69) is 6.07 Å². The van der Waals surface area contributed by atoms with Crippen molar-refractivity contribution in [1.29, 1.82) is 5.26 Å². The summed E-state index contributed by atoms with van der Waals surface area (Å²) in [7, 11) is 0. The molecule has 0 spiro atoms. The van der Waals surface area contributed by atoms with Crippen molar-refractivity contribution in [3.05, 3.63) is 35.1 Å².